The average molecular weight is 415 g/mol. The maximum atomic E-state index is 12.9. The number of hydrogen-bond donors (Lipinski definition) is 0. The summed E-state index contributed by atoms with van der Waals surface area (Å²) in [6.45, 7) is 3.95. The van der Waals surface area contributed by atoms with E-state index < -0.39 is 5.60 Å². The second-order valence-corrected chi connectivity index (χ2v) is 8.94. The van der Waals surface area contributed by atoms with Crippen LogP contribution in [0.5, 0.6) is 0 Å². The number of benzene rings is 1. The Balaban J connectivity index is 1.41. The zero-order valence-electron chi connectivity index (χ0n) is 17.7. The van der Waals surface area contributed by atoms with Crippen molar-refractivity contribution in [1.29, 1.82) is 0 Å². The van der Waals surface area contributed by atoms with Crippen LogP contribution in [0.15, 0.2) is 64.9 Å². The van der Waals surface area contributed by atoms with Crippen LogP contribution in [0, 0.1) is 0 Å². The van der Waals surface area contributed by atoms with Gasteiger partial charge in [-0.1, -0.05) is 35.9 Å². The minimum Gasteiger partial charge on any atom is -0.441 e. The van der Waals surface area contributed by atoms with Crippen LogP contribution in [-0.4, -0.2) is 33.5 Å². The zero-order valence-corrected chi connectivity index (χ0v) is 17.7. The van der Waals surface area contributed by atoms with Crippen molar-refractivity contribution >= 4 is 18.1 Å². The van der Waals surface area contributed by atoms with E-state index in [2.05, 4.69) is 22.1 Å². The van der Waals surface area contributed by atoms with Crippen molar-refractivity contribution in [2.24, 2.45) is 4.99 Å². The van der Waals surface area contributed by atoms with Gasteiger partial charge in [0.05, 0.1) is 17.6 Å². The van der Waals surface area contributed by atoms with E-state index >= 15 is 0 Å². The molecule has 2 aromatic rings. The number of carbonyl (C=O) groups excluding carboxylic acids is 2. The molecule has 6 heteroatoms. The van der Waals surface area contributed by atoms with Gasteiger partial charge >= 0.3 is 6.09 Å². The molecule has 6 nitrogen and oxygen atoms in total. The summed E-state index contributed by atoms with van der Waals surface area (Å²) < 4.78 is 5.77. The number of hydrogen-bond acceptors (Lipinski definition) is 4. The van der Waals surface area contributed by atoms with Crippen molar-refractivity contribution in [3.63, 3.8) is 0 Å². The molecule has 31 heavy (non-hydrogen) atoms. The molecule has 0 N–H and O–H groups in total. The Morgan fingerprint density at radius 1 is 1.06 bits per heavy atom. The fourth-order valence-corrected chi connectivity index (χ4v) is 5.08. The first-order chi connectivity index (χ1) is 14.9. The summed E-state index contributed by atoms with van der Waals surface area (Å²) in [5.74, 6) is -0.196. The van der Waals surface area contributed by atoms with Gasteiger partial charge in [-0.25, -0.2) is 9.79 Å². The van der Waals surface area contributed by atoms with Crippen LogP contribution in [0.25, 0.3) is 6.08 Å². The normalized spacial score (nSPS) is 24.9. The van der Waals surface area contributed by atoms with E-state index in [1.165, 1.54) is 0 Å². The third-order valence-corrected chi connectivity index (χ3v) is 6.53. The highest BCUT2D eigenvalue weighted by atomic mass is 16.6. The lowest BCUT2D eigenvalue weighted by molar-refractivity contribution is -0.114. The second-order valence-electron chi connectivity index (χ2n) is 8.94. The van der Waals surface area contributed by atoms with Crippen molar-refractivity contribution in [2.75, 3.05) is 0 Å². The van der Waals surface area contributed by atoms with Crippen molar-refractivity contribution in [1.82, 2.24) is 9.88 Å². The average Bonchev–Trinajstić information content (AvgIpc) is 3.02. The number of pyridine rings is 1. The summed E-state index contributed by atoms with van der Waals surface area (Å²) >= 11 is 0. The second kappa shape index (κ2) is 7.45. The number of rotatable bonds is 2. The third kappa shape index (κ3) is 3.46. The topological polar surface area (TPSA) is 71.9 Å². The van der Waals surface area contributed by atoms with Gasteiger partial charge < -0.3 is 4.74 Å². The van der Waals surface area contributed by atoms with Crippen LogP contribution < -0.4 is 10.6 Å². The van der Waals surface area contributed by atoms with Crippen molar-refractivity contribution in [3.05, 3.63) is 76.1 Å². The minimum absolute atomic E-state index is 0.0796. The van der Waals surface area contributed by atoms with Crippen LogP contribution >= 0.6 is 0 Å². The molecule has 158 valence electrons. The summed E-state index contributed by atoms with van der Waals surface area (Å²) in [5.41, 5.74) is 2.31. The van der Waals surface area contributed by atoms with Crippen LogP contribution in [0.4, 0.5) is 4.79 Å². The van der Waals surface area contributed by atoms with Gasteiger partial charge in [0.2, 0.25) is 0 Å². The van der Waals surface area contributed by atoms with E-state index in [9.17, 15) is 9.59 Å². The first-order valence-corrected chi connectivity index (χ1v) is 10.8. The summed E-state index contributed by atoms with van der Waals surface area (Å²) in [6.07, 6.45) is 8.15. The van der Waals surface area contributed by atoms with E-state index in [0.717, 1.165) is 42.0 Å². The first-order valence-electron chi connectivity index (χ1n) is 10.8. The Morgan fingerprint density at radius 2 is 1.81 bits per heavy atom. The summed E-state index contributed by atoms with van der Waals surface area (Å²) in [4.78, 5) is 35.6. The molecule has 3 heterocycles. The SMILES string of the molecule is CC1(C)OC(=O)N(C2CCC(=C3C=c4ccncc4=NC3=O)CC2)[C@H]1c1ccccc1. The summed E-state index contributed by atoms with van der Waals surface area (Å²) in [5, 5.41) is 1.55. The van der Waals surface area contributed by atoms with Crippen LogP contribution in [0.3, 0.4) is 0 Å². The van der Waals surface area contributed by atoms with Gasteiger partial charge in [0.1, 0.15) is 5.60 Å². The molecule has 1 saturated carbocycles. The van der Waals surface area contributed by atoms with E-state index in [1.54, 1.807) is 12.4 Å². The quantitative estimate of drug-likeness (QED) is 0.706. The minimum atomic E-state index is -0.596. The summed E-state index contributed by atoms with van der Waals surface area (Å²) in [6, 6.07) is 11.9. The molecule has 0 unspecified atom stereocenters. The highest BCUT2D eigenvalue weighted by molar-refractivity contribution is 6.03. The molecule has 0 spiro atoms. The van der Waals surface area contributed by atoms with E-state index in [1.807, 2.05) is 49.1 Å². The maximum absolute atomic E-state index is 12.9. The van der Waals surface area contributed by atoms with E-state index in [0.29, 0.717) is 10.9 Å². The molecular formula is C25H25N3O3. The number of fused-ring (bicyclic) bond motifs is 1. The predicted molar refractivity (Wildman–Crippen MR) is 115 cm³/mol. The predicted octanol–water partition coefficient (Wildman–Crippen LogP) is 3.23. The lowest BCUT2D eigenvalue weighted by atomic mass is 9.84. The maximum Gasteiger partial charge on any atom is 0.411 e. The molecule has 5 rings (SSSR count). The fourth-order valence-electron chi connectivity index (χ4n) is 5.08. The fraction of sp³-hybridized carbons (Fsp3) is 0.360. The van der Waals surface area contributed by atoms with Gasteiger partial charge in [-0.05, 0) is 57.2 Å². The van der Waals surface area contributed by atoms with Gasteiger partial charge in [0, 0.05) is 23.0 Å². The van der Waals surface area contributed by atoms with Gasteiger partial charge in [0.15, 0.2) is 0 Å². The molecule has 1 aromatic heterocycles. The number of allylic oxidation sites excluding steroid dienone is 1. The molecule has 2 aliphatic heterocycles. The molecule has 3 aliphatic rings. The Kier molecular flexibility index (Phi) is 4.73. The zero-order chi connectivity index (χ0) is 21.6. The van der Waals surface area contributed by atoms with Gasteiger partial charge in [0.25, 0.3) is 5.91 Å². The molecule has 1 saturated heterocycles. The van der Waals surface area contributed by atoms with Crippen molar-refractivity contribution in [3.8, 4) is 0 Å². The van der Waals surface area contributed by atoms with Crippen LogP contribution in [0.2, 0.25) is 0 Å². The number of nitrogens with zero attached hydrogens (tertiary/aromatic N) is 3. The van der Waals surface area contributed by atoms with Crippen LogP contribution in [0.1, 0.15) is 51.1 Å². The van der Waals surface area contributed by atoms with Gasteiger partial charge in [-0.15, -0.1) is 0 Å². The Hall–Kier alpha value is -3.28. The highest BCUT2D eigenvalue weighted by Crippen LogP contribution is 2.45. The van der Waals surface area contributed by atoms with Gasteiger partial charge in [-0.3, -0.25) is 14.7 Å². The molecule has 0 radical (unpaired) electrons. The lowest BCUT2D eigenvalue weighted by Gasteiger charge is -2.37. The molecule has 2 amide bonds. The summed E-state index contributed by atoms with van der Waals surface area (Å²) in [7, 11) is 0. The molecule has 0 bridgehead atoms. The van der Waals surface area contributed by atoms with E-state index in [-0.39, 0.29) is 24.1 Å². The number of amides is 2. The first kappa shape index (κ1) is 19.7. The third-order valence-electron chi connectivity index (χ3n) is 6.53. The lowest BCUT2D eigenvalue weighted by Crippen LogP contribution is -2.42. The molecule has 2 fully saturated rings. The number of ether oxygens (including phenoxy) is 1. The van der Waals surface area contributed by atoms with Crippen molar-refractivity contribution in [2.45, 2.75) is 57.2 Å². The monoisotopic (exact) mass is 415 g/mol. The molecular weight excluding hydrogens is 390 g/mol. The van der Waals surface area contributed by atoms with E-state index in [4.69, 9.17) is 4.74 Å². The molecule has 1 aliphatic carbocycles. The largest absolute Gasteiger partial charge is 0.441 e. The molecule has 1 atom stereocenters. The number of carbonyl (C=O) groups is 2. The Morgan fingerprint density at radius 3 is 2.55 bits per heavy atom. The number of aromatic nitrogens is 1. The van der Waals surface area contributed by atoms with Crippen molar-refractivity contribution < 1.29 is 14.3 Å². The number of cyclic esters (lactones) is 1. The molecule has 1 aromatic carbocycles. The standard InChI is InChI=1S/C25H25N3O3/c1-25(2)22(17-6-4-3-5-7-17)28(24(30)31-25)19-10-8-16(9-11-19)20-14-18-12-13-26-15-21(18)27-23(20)29/h3-7,12-15,19,22H,8-11H2,1-2H3/t19?,22-/m0/s1. The Bertz CT molecular complexity index is 1190. The van der Waals surface area contributed by atoms with Gasteiger partial charge in [-0.2, -0.15) is 0 Å². The smallest absolute Gasteiger partial charge is 0.411 e. The van der Waals surface area contributed by atoms with Crippen LogP contribution in [-0.2, 0) is 9.53 Å². The highest BCUT2D eigenvalue weighted by Gasteiger charge is 2.51. The Labute approximate surface area is 181 Å².